The zero-order chi connectivity index (χ0) is 88.1. The number of anilines is 2. The molecular weight excluding hydrogens is 1630 g/mol. The molecule has 4 aromatic carbocycles. The Morgan fingerprint density at radius 1 is 0.431 bits per heavy atom. The van der Waals surface area contributed by atoms with E-state index in [2.05, 4.69) is 64.7 Å². The molecule has 0 radical (unpaired) electrons. The van der Waals surface area contributed by atoms with E-state index in [-0.39, 0.29) is 79.7 Å². The van der Waals surface area contributed by atoms with E-state index in [1.807, 2.05) is 129 Å². The third-order valence-electron chi connectivity index (χ3n) is 18.0. The molecule has 0 atom stereocenters. The fourth-order valence-electron chi connectivity index (χ4n) is 12.1. The van der Waals surface area contributed by atoms with Gasteiger partial charge in [-0.25, -0.2) is 59.2 Å². The van der Waals surface area contributed by atoms with Crippen LogP contribution in [0.4, 0.5) is 24.5 Å². The number of fused-ring (bicyclic) bond motifs is 4. The van der Waals surface area contributed by atoms with Gasteiger partial charge in [0.05, 0.1) is 82.6 Å². The number of esters is 3. The fourth-order valence-corrected chi connectivity index (χ4v) is 12.6. The van der Waals surface area contributed by atoms with Crippen LogP contribution in [0.3, 0.4) is 0 Å². The number of nitrogens with one attached hydrogen (secondary N) is 2. The monoisotopic (exact) mass is 1700 g/mol. The van der Waals surface area contributed by atoms with Gasteiger partial charge in [0.2, 0.25) is 5.88 Å². The second-order valence-electron chi connectivity index (χ2n) is 26.1. The Bertz CT molecular complexity index is 6560. The SMILES string of the molecule is CCOC(=O)c1c(NCc2cccnc2C)c2c(C)ncnc2n(OCc2ccccc2)c1=O.CCOC(=O)c1c(O)c2c(C)ncnc2n(OCc2ccccc2)c1=O.CCOC(=O)c1c(OS(=O)(=O)C(F)(F)F)c2c(C)ncnc2n(OCc2ccccc2)c1=O.COc1ncccc1CNc1cc(=O)n(OCc2ccccc2)c2ncnc(C)c12. The van der Waals surface area contributed by atoms with Crippen LogP contribution >= 0.6 is 0 Å². The Labute approximate surface area is 697 Å². The molecule has 0 aliphatic rings. The van der Waals surface area contributed by atoms with Gasteiger partial charge in [-0.1, -0.05) is 133 Å². The van der Waals surface area contributed by atoms with Crippen LogP contribution in [0.1, 0.15) is 114 Å². The van der Waals surface area contributed by atoms with Crippen molar-refractivity contribution in [2.45, 2.75) is 100 Å². The van der Waals surface area contributed by atoms with Gasteiger partial charge in [-0.2, -0.15) is 21.6 Å². The van der Waals surface area contributed by atoms with Crippen molar-refractivity contribution in [1.29, 1.82) is 0 Å². The molecule has 0 bridgehead atoms. The number of hydrogen-bond donors (Lipinski definition) is 3. The molecule has 35 nitrogen and oxygen atoms in total. The van der Waals surface area contributed by atoms with Gasteiger partial charge in [-0.15, -0.1) is 18.9 Å². The summed E-state index contributed by atoms with van der Waals surface area (Å²) in [6.07, 6.45) is 8.39. The lowest BCUT2D eigenvalue weighted by atomic mass is 10.1. The number of aromatic nitrogens is 14. The van der Waals surface area contributed by atoms with Crippen LogP contribution in [0.2, 0.25) is 0 Å². The molecule has 0 amide bonds. The number of aryl methyl sites for hydroxylation is 5. The zero-order valence-electron chi connectivity index (χ0n) is 67.4. The van der Waals surface area contributed by atoms with Gasteiger partial charge in [0.1, 0.15) is 57.5 Å². The molecule has 0 aliphatic heterocycles. The fraction of sp³-hybridized carbons (Fsp3) is 0.226. The molecule has 636 valence electrons. The standard InChI is InChI=1S/C25H25N5O4.C22H21N5O3.C19H16F3N3O7S.C18H17N3O5/c1-4-33-25(32)21-22(27-13-19-11-8-12-26-16(19)2)20-17(3)28-15-29-23(20)30(24(21)31)34-14-18-9-6-5-7-10-18;1-15-20-18(24-12-17-9-6-10-23-22(17)29-2)11-19(28)27(21(20)26-14-25-15)30-13-16-7-4-3-5-8-16;1-3-30-18(27)14-15(32-33(28,29)19(20,21)22)13-11(2)23-10-24-16(13)25(17(14)26)31-9-12-7-5-4-6-8-12;1-3-25-18(24)14-15(22)13-11(2)19-10-20-16(13)21(17(14)23)26-9-12-7-5-4-6-8-12/h5-12,15,27H,4,13-14H2,1-3H3;3-11,14,24H,12-13H2,1-2H3;4-8,10H,3,9H2,1-2H3;4-8,10,22H,3,9H2,1-2H3. The number of rotatable bonds is 27. The summed E-state index contributed by atoms with van der Waals surface area (Å²) in [5, 5.41) is 17.9. The van der Waals surface area contributed by atoms with E-state index < -0.39 is 83.9 Å². The molecule has 0 saturated heterocycles. The first kappa shape index (κ1) is 88.5. The molecule has 0 saturated carbocycles. The topological polar surface area (TPSA) is 430 Å². The molecule has 0 aliphatic carbocycles. The van der Waals surface area contributed by atoms with Crippen molar-refractivity contribution >= 4 is 83.5 Å². The molecule has 0 spiro atoms. The van der Waals surface area contributed by atoms with Gasteiger partial charge < -0.3 is 58.2 Å². The normalized spacial score (nSPS) is 11.1. The van der Waals surface area contributed by atoms with E-state index in [1.165, 1.54) is 43.6 Å². The van der Waals surface area contributed by atoms with Crippen LogP contribution in [0.5, 0.6) is 17.4 Å². The second-order valence-corrected chi connectivity index (χ2v) is 27.6. The van der Waals surface area contributed by atoms with Gasteiger partial charge >= 0.3 is 50.2 Å². The number of benzene rings is 4. The molecule has 14 aromatic rings. The number of aromatic hydroxyl groups is 1. The highest BCUT2D eigenvalue weighted by Gasteiger charge is 2.50. The van der Waals surface area contributed by atoms with Crippen molar-refractivity contribution in [2.75, 3.05) is 37.6 Å². The first-order valence-corrected chi connectivity index (χ1v) is 38.9. The van der Waals surface area contributed by atoms with Gasteiger partial charge in [-0.3, -0.25) is 24.2 Å². The largest absolute Gasteiger partial charge is 0.534 e. The lowest BCUT2D eigenvalue weighted by Gasteiger charge is -2.19. The molecule has 10 aromatic heterocycles. The molecule has 39 heteroatoms. The predicted octanol–water partition coefficient (Wildman–Crippen LogP) is 9.71. The van der Waals surface area contributed by atoms with Gasteiger partial charge in [0.25, 0.3) is 5.56 Å². The predicted molar refractivity (Wildman–Crippen MR) is 441 cm³/mol. The highest BCUT2D eigenvalue weighted by molar-refractivity contribution is 7.88. The number of ether oxygens (including phenoxy) is 4. The van der Waals surface area contributed by atoms with E-state index >= 15 is 0 Å². The highest BCUT2D eigenvalue weighted by atomic mass is 32.2. The summed E-state index contributed by atoms with van der Waals surface area (Å²) in [6, 6.07) is 45.8. The third-order valence-corrected chi connectivity index (χ3v) is 19.0. The molecule has 0 unspecified atom stereocenters. The van der Waals surface area contributed by atoms with Crippen LogP contribution < -0.4 is 61.1 Å². The van der Waals surface area contributed by atoms with Crippen molar-refractivity contribution in [2.24, 2.45) is 0 Å². The minimum atomic E-state index is -6.27. The van der Waals surface area contributed by atoms with E-state index in [4.69, 9.17) is 38.3 Å². The summed E-state index contributed by atoms with van der Waals surface area (Å²) in [6.45, 7) is 14.1. The summed E-state index contributed by atoms with van der Waals surface area (Å²) in [5.41, 5.74) is -2.04. The summed E-state index contributed by atoms with van der Waals surface area (Å²) in [5.74, 6) is -4.29. The number of carbonyl (C=O) groups excluding carboxylic acids is 3. The molecule has 14 rings (SSSR count). The van der Waals surface area contributed by atoms with Crippen molar-refractivity contribution in [3.05, 3.63) is 309 Å². The summed E-state index contributed by atoms with van der Waals surface area (Å²) in [7, 11) is -4.69. The Hall–Kier alpha value is -15.3. The lowest BCUT2D eigenvalue weighted by molar-refractivity contribution is -0.0500. The Morgan fingerprint density at radius 3 is 1.26 bits per heavy atom. The van der Waals surface area contributed by atoms with Gasteiger partial charge in [0, 0.05) is 42.8 Å². The number of pyridine rings is 6. The molecule has 0 fully saturated rings. The molecular formula is C84H79F3N16O19S. The van der Waals surface area contributed by atoms with Crippen LogP contribution in [-0.2, 0) is 63.8 Å². The summed E-state index contributed by atoms with van der Waals surface area (Å²) >= 11 is 0. The highest BCUT2D eigenvalue weighted by Crippen LogP contribution is 2.36. The number of methoxy groups -OCH3 is 1. The quantitative estimate of drug-likeness (QED) is 0.0186. The van der Waals surface area contributed by atoms with Crippen LogP contribution in [-0.4, -0.2) is 133 Å². The number of carbonyl (C=O) groups is 3. The van der Waals surface area contributed by atoms with Crippen molar-refractivity contribution in [3.8, 4) is 17.4 Å². The Kier molecular flexibility index (Phi) is 29.1. The van der Waals surface area contributed by atoms with E-state index in [0.717, 1.165) is 55.0 Å². The van der Waals surface area contributed by atoms with Gasteiger partial charge in [0.15, 0.2) is 45.0 Å². The maximum Gasteiger partial charge on any atom is 0.534 e. The number of hydrogen-bond acceptors (Lipinski definition) is 31. The average molecular weight is 1710 g/mol. The minimum absolute atomic E-state index is 0.0604. The molecule has 3 N–H and O–H groups in total. The summed E-state index contributed by atoms with van der Waals surface area (Å²) < 4.78 is 90.7. The van der Waals surface area contributed by atoms with E-state index in [9.17, 15) is 60.3 Å². The number of alkyl halides is 3. The first-order valence-electron chi connectivity index (χ1n) is 37.5. The zero-order valence-corrected chi connectivity index (χ0v) is 68.2. The van der Waals surface area contributed by atoms with Crippen LogP contribution in [0, 0.1) is 34.6 Å². The maximum atomic E-state index is 13.6. The molecule has 10 heterocycles. The smallest absolute Gasteiger partial charge is 0.506 e. The lowest BCUT2D eigenvalue weighted by Crippen LogP contribution is -2.35. The summed E-state index contributed by atoms with van der Waals surface area (Å²) in [4.78, 5) is 154. The average Bonchev–Trinajstić information content (AvgIpc) is 0.748. The maximum absolute atomic E-state index is 13.6. The number of nitrogens with zero attached hydrogens (tertiary/aromatic N) is 14. The first-order chi connectivity index (χ1) is 59.2. The van der Waals surface area contributed by atoms with E-state index in [1.54, 1.807) is 77.5 Å². The third kappa shape index (κ3) is 20.7. The Morgan fingerprint density at radius 2 is 0.805 bits per heavy atom. The van der Waals surface area contributed by atoms with E-state index in [0.29, 0.717) is 68.4 Å². The minimum Gasteiger partial charge on any atom is -0.506 e. The van der Waals surface area contributed by atoms with Crippen molar-refractivity contribution < 1.29 is 83.6 Å². The Balaban J connectivity index is 0.000000160. The van der Waals surface area contributed by atoms with Gasteiger partial charge in [-0.05, 0) is 95.3 Å². The number of halogens is 3. The van der Waals surface area contributed by atoms with Crippen LogP contribution in [0.15, 0.2) is 209 Å². The van der Waals surface area contributed by atoms with Crippen LogP contribution in [0.25, 0.3) is 44.1 Å². The second kappa shape index (κ2) is 40.4. The van der Waals surface area contributed by atoms with Crippen molar-refractivity contribution in [3.63, 3.8) is 0 Å². The molecule has 123 heavy (non-hydrogen) atoms. The van der Waals surface area contributed by atoms with Crippen molar-refractivity contribution in [1.82, 2.24) is 68.8 Å².